The number of aromatic nitrogens is 1. The summed E-state index contributed by atoms with van der Waals surface area (Å²) in [6.45, 7) is 0.342. The van der Waals surface area contributed by atoms with Gasteiger partial charge in [0.05, 0.1) is 29.7 Å². The van der Waals surface area contributed by atoms with Crippen LogP contribution >= 0.6 is 11.3 Å². The number of Topliss-reactive ketones (excluding diaryl/α,β-unsaturated/α-hetero) is 1. The van der Waals surface area contributed by atoms with E-state index in [1.54, 1.807) is 29.2 Å². The molecule has 5 rings (SSSR count). The van der Waals surface area contributed by atoms with Crippen LogP contribution in [-0.4, -0.2) is 47.3 Å². The van der Waals surface area contributed by atoms with Crippen molar-refractivity contribution in [3.05, 3.63) is 83.4 Å². The summed E-state index contributed by atoms with van der Waals surface area (Å²) in [5.74, 6) is -1.03. The Morgan fingerprint density at radius 1 is 0.978 bits per heavy atom. The number of thiazole rings is 1. The number of urea groups is 1. The number of hydrogen-bond acceptors (Lipinski definition) is 7. The molecule has 0 atom stereocenters. The molecule has 1 fully saturated rings. The molecular weight excluding hydrogens is 621 g/mol. The number of carboxylic acids is 1. The summed E-state index contributed by atoms with van der Waals surface area (Å²) in [5.41, 5.74) is 3.48. The van der Waals surface area contributed by atoms with E-state index in [0.29, 0.717) is 27.4 Å². The van der Waals surface area contributed by atoms with E-state index < -0.39 is 18.4 Å². The summed E-state index contributed by atoms with van der Waals surface area (Å²) in [6.07, 6.45) is 1.00. The Balaban J connectivity index is 1.33. The van der Waals surface area contributed by atoms with Crippen LogP contribution in [0.5, 0.6) is 5.75 Å². The Kier molecular flexibility index (Phi) is 10.5. The molecule has 0 unspecified atom stereocenters. The van der Waals surface area contributed by atoms with Gasteiger partial charge in [-0.1, -0.05) is 67.0 Å². The van der Waals surface area contributed by atoms with Gasteiger partial charge >= 0.3 is 18.4 Å². The first-order valence-corrected chi connectivity index (χ1v) is 15.8. The van der Waals surface area contributed by atoms with Gasteiger partial charge in [0.15, 0.2) is 10.9 Å². The molecule has 9 nitrogen and oxygen atoms in total. The number of amides is 2. The van der Waals surface area contributed by atoms with Gasteiger partial charge in [0.25, 0.3) is 0 Å². The predicted molar refractivity (Wildman–Crippen MR) is 170 cm³/mol. The lowest BCUT2D eigenvalue weighted by molar-refractivity contribution is -0.274. The highest BCUT2D eigenvalue weighted by Crippen LogP contribution is 2.35. The number of carbonyl (C=O) groups excluding carboxylic acids is 2. The van der Waals surface area contributed by atoms with Crippen molar-refractivity contribution in [2.24, 2.45) is 0 Å². The molecule has 13 heteroatoms. The number of carbonyl (C=O) groups is 3. The van der Waals surface area contributed by atoms with Crippen LogP contribution in [-0.2, 0) is 11.3 Å². The van der Waals surface area contributed by atoms with Crippen LogP contribution in [0.15, 0.2) is 66.7 Å². The second-order valence-corrected chi connectivity index (χ2v) is 12.1. The first kappa shape index (κ1) is 32.9. The molecule has 46 heavy (non-hydrogen) atoms. The Morgan fingerprint density at radius 3 is 2.37 bits per heavy atom. The molecule has 0 aliphatic heterocycles. The van der Waals surface area contributed by atoms with Gasteiger partial charge in [0.1, 0.15) is 5.75 Å². The minimum Gasteiger partial charge on any atom is -0.481 e. The van der Waals surface area contributed by atoms with Gasteiger partial charge in [-0.3, -0.25) is 19.8 Å². The van der Waals surface area contributed by atoms with Crippen molar-refractivity contribution in [1.29, 1.82) is 0 Å². The normalized spacial score (nSPS) is 13.8. The molecule has 3 aromatic carbocycles. The maximum absolute atomic E-state index is 13.7. The van der Waals surface area contributed by atoms with E-state index in [0.717, 1.165) is 29.7 Å². The van der Waals surface area contributed by atoms with Crippen LogP contribution in [0.2, 0.25) is 0 Å². The minimum atomic E-state index is -4.83. The molecule has 1 aliphatic rings. The van der Waals surface area contributed by atoms with Crippen molar-refractivity contribution >= 4 is 50.2 Å². The Labute approximate surface area is 267 Å². The minimum absolute atomic E-state index is 0.000487. The van der Waals surface area contributed by atoms with Gasteiger partial charge in [0, 0.05) is 23.9 Å². The van der Waals surface area contributed by atoms with E-state index in [9.17, 15) is 27.6 Å². The fourth-order valence-corrected chi connectivity index (χ4v) is 6.32. The molecule has 0 spiro atoms. The van der Waals surface area contributed by atoms with Gasteiger partial charge in [0.2, 0.25) is 0 Å². The van der Waals surface area contributed by atoms with Crippen LogP contribution in [0, 0.1) is 0 Å². The van der Waals surface area contributed by atoms with Gasteiger partial charge in [-0.2, -0.15) is 0 Å². The Bertz CT molecular complexity index is 1670. The average Bonchev–Trinajstić information content (AvgIpc) is 3.43. The zero-order valence-corrected chi connectivity index (χ0v) is 25.6. The lowest BCUT2D eigenvalue weighted by Crippen LogP contribution is -2.34. The van der Waals surface area contributed by atoms with Crippen LogP contribution in [0.25, 0.3) is 10.2 Å². The fourth-order valence-electron chi connectivity index (χ4n) is 5.44. The number of nitrogens with one attached hydrogen (secondary N) is 2. The van der Waals surface area contributed by atoms with Crippen LogP contribution in [0.4, 0.5) is 28.8 Å². The van der Waals surface area contributed by atoms with Gasteiger partial charge < -0.3 is 15.2 Å². The van der Waals surface area contributed by atoms with Crippen LogP contribution in [0.3, 0.4) is 0 Å². The number of anilines is 2. The molecule has 0 bridgehead atoms. The van der Waals surface area contributed by atoms with Crippen molar-refractivity contribution in [1.82, 2.24) is 10.3 Å². The molecule has 3 N–H and O–H groups in total. The van der Waals surface area contributed by atoms with Crippen LogP contribution in [0.1, 0.15) is 65.9 Å². The predicted octanol–water partition coefficient (Wildman–Crippen LogP) is 7.73. The molecule has 242 valence electrons. The van der Waals surface area contributed by atoms with Gasteiger partial charge in [-0.05, 0) is 54.2 Å². The number of ketones is 1. The van der Waals surface area contributed by atoms with Crippen molar-refractivity contribution in [3.63, 3.8) is 0 Å². The zero-order valence-electron chi connectivity index (χ0n) is 24.8. The highest BCUT2D eigenvalue weighted by Gasteiger charge is 2.31. The molecule has 2 amide bonds. The highest BCUT2D eigenvalue weighted by molar-refractivity contribution is 7.22. The second kappa shape index (κ2) is 14.7. The maximum Gasteiger partial charge on any atom is 0.573 e. The number of carboxylic acid groups (broad SMARTS) is 1. The number of aliphatic carboxylic acids is 1. The third-order valence-corrected chi connectivity index (χ3v) is 8.69. The topological polar surface area (TPSA) is 121 Å². The zero-order chi connectivity index (χ0) is 32.7. The van der Waals surface area contributed by atoms with Crippen molar-refractivity contribution < 1.29 is 37.4 Å². The third kappa shape index (κ3) is 9.04. The molecule has 1 aromatic heterocycles. The van der Waals surface area contributed by atoms with E-state index in [4.69, 9.17) is 5.11 Å². The molecule has 0 saturated heterocycles. The number of alkyl halides is 3. The Morgan fingerprint density at radius 2 is 1.70 bits per heavy atom. The SMILES string of the molecule is O=C(O)CCNCC(=O)c1ccc(CN(C(=O)Nc2nc3ccc(OC(F)(F)F)cc3s2)c2ccc(C3CCCCC3)cc2)cc1. The van der Waals surface area contributed by atoms with Crippen molar-refractivity contribution in [2.45, 2.75) is 57.3 Å². The number of nitrogens with zero attached hydrogens (tertiary/aromatic N) is 2. The summed E-state index contributed by atoms with van der Waals surface area (Å²) in [6, 6.07) is 18.0. The summed E-state index contributed by atoms with van der Waals surface area (Å²) in [4.78, 5) is 42.8. The smallest absolute Gasteiger partial charge is 0.481 e. The van der Waals surface area contributed by atoms with E-state index in [2.05, 4.69) is 20.4 Å². The lowest BCUT2D eigenvalue weighted by atomic mass is 9.84. The molecule has 1 saturated carbocycles. The van der Waals surface area contributed by atoms with E-state index in [1.165, 1.54) is 43.0 Å². The maximum atomic E-state index is 13.7. The van der Waals surface area contributed by atoms with Crippen LogP contribution < -0.4 is 20.3 Å². The summed E-state index contributed by atoms with van der Waals surface area (Å²) >= 11 is 1.03. The summed E-state index contributed by atoms with van der Waals surface area (Å²) in [5, 5.41) is 14.6. The Hall–Kier alpha value is -4.49. The largest absolute Gasteiger partial charge is 0.573 e. The third-order valence-electron chi connectivity index (χ3n) is 7.75. The fraction of sp³-hybridized carbons (Fsp3) is 0.333. The van der Waals surface area contributed by atoms with E-state index in [-0.39, 0.29) is 42.7 Å². The molecule has 1 heterocycles. The first-order valence-electron chi connectivity index (χ1n) is 14.9. The van der Waals surface area contributed by atoms with E-state index in [1.807, 2.05) is 24.3 Å². The number of benzene rings is 3. The molecule has 1 aliphatic carbocycles. The highest BCUT2D eigenvalue weighted by atomic mass is 32.1. The summed E-state index contributed by atoms with van der Waals surface area (Å²) < 4.78 is 42.5. The lowest BCUT2D eigenvalue weighted by Gasteiger charge is -2.25. The number of rotatable bonds is 12. The van der Waals surface area contributed by atoms with Crippen molar-refractivity contribution in [2.75, 3.05) is 23.3 Å². The van der Waals surface area contributed by atoms with E-state index >= 15 is 0 Å². The number of ether oxygens (including phenoxy) is 1. The molecular formula is C33H33F3N4O5S. The quantitative estimate of drug-likeness (QED) is 0.106. The van der Waals surface area contributed by atoms with Crippen molar-refractivity contribution in [3.8, 4) is 5.75 Å². The number of hydrogen-bond donors (Lipinski definition) is 3. The monoisotopic (exact) mass is 654 g/mol. The summed E-state index contributed by atoms with van der Waals surface area (Å²) in [7, 11) is 0. The number of halogens is 3. The first-order chi connectivity index (χ1) is 22.0. The van der Waals surface area contributed by atoms with Gasteiger partial charge in [-0.15, -0.1) is 13.2 Å². The molecule has 4 aromatic rings. The average molecular weight is 655 g/mol. The molecule has 0 radical (unpaired) electrons. The standard InChI is InChI=1S/C33H33F3N4O5S/c34-33(35,36)45-26-14-15-27-29(18-26)46-31(38-27)39-32(44)40(25-12-10-23(11-13-25)22-4-2-1-3-5-22)20-21-6-8-24(9-7-21)28(41)19-37-17-16-30(42)43/h6-15,18,22,37H,1-5,16-17,19-20H2,(H,42,43)(H,38,39,44). The van der Waals surface area contributed by atoms with Gasteiger partial charge in [-0.25, -0.2) is 9.78 Å². The second-order valence-electron chi connectivity index (χ2n) is 11.1. The number of fused-ring (bicyclic) bond motifs is 1.